The SMILES string of the molecule is CC(=O)OCC(O)COC(=O)[C@H]1C(C)=CC[C@@H]2C(C)(C)CCC[C@]12C. The van der Waals surface area contributed by atoms with Crippen LogP contribution < -0.4 is 0 Å². The molecule has 1 fully saturated rings. The summed E-state index contributed by atoms with van der Waals surface area (Å²) in [6.45, 7) is 9.79. The fourth-order valence-electron chi connectivity index (χ4n) is 5.02. The van der Waals surface area contributed by atoms with Gasteiger partial charge in [0.15, 0.2) is 0 Å². The topological polar surface area (TPSA) is 72.8 Å². The van der Waals surface area contributed by atoms with Crippen molar-refractivity contribution in [3.63, 3.8) is 0 Å². The number of hydrogen-bond donors (Lipinski definition) is 1. The van der Waals surface area contributed by atoms with Crippen LogP contribution in [0.2, 0.25) is 0 Å². The number of aliphatic hydroxyl groups is 1. The van der Waals surface area contributed by atoms with Gasteiger partial charge < -0.3 is 14.6 Å². The molecule has 25 heavy (non-hydrogen) atoms. The van der Waals surface area contributed by atoms with Crippen molar-refractivity contribution in [2.45, 2.75) is 66.4 Å². The Labute approximate surface area is 150 Å². The number of carbonyl (C=O) groups excluding carboxylic acids is 2. The Hall–Kier alpha value is -1.36. The molecule has 0 radical (unpaired) electrons. The first-order valence-electron chi connectivity index (χ1n) is 9.22. The molecular weight excluding hydrogens is 320 g/mol. The van der Waals surface area contributed by atoms with Crippen molar-refractivity contribution in [2.75, 3.05) is 13.2 Å². The lowest BCUT2D eigenvalue weighted by Gasteiger charge is -2.55. The second-order valence-corrected chi connectivity index (χ2v) is 8.60. The van der Waals surface area contributed by atoms with Crippen molar-refractivity contribution in [1.82, 2.24) is 0 Å². The van der Waals surface area contributed by atoms with Crippen LogP contribution in [0.25, 0.3) is 0 Å². The Kier molecular flexibility index (Phi) is 5.97. The third-order valence-electron chi connectivity index (χ3n) is 6.20. The number of aliphatic hydroxyl groups excluding tert-OH is 1. The minimum absolute atomic E-state index is 0.113. The van der Waals surface area contributed by atoms with E-state index in [9.17, 15) is 14.7 Å². The van der Waals surface area contributed by atoms with Crippen molar-refractivity contribution in [2.24, 2.45) is 22.7 Å². The van der Waals surface area contributed by atoms with E-state index in [0.717, 1.165) is 24.8 Å². The van der Waals surface area contributed by atoms with E-state index < -0.39 is 12.1 Å². The van der Waals surface area contributed by atoms with Crippen LogP contribution in [-0.2, 0) is 19.1 Å². The Morgan fingerprint density at radius 3 is 2.52 bits per heavy atom. The lowest BCUT2D eigenvalue weighted by molar-refractivity contribution is -0.162. The highest BCUT2D eigenvalue weighted by Gasteiger charge is 2.54. The summed E-state index contributed by atoms with van der Waals surface area (Å²) in [5, 5.41) is 9.82. The zero-order valence-electron chi connectivity index (χ0n) is 16.1. The van der Waals surface area contributed by atoms with E-state index in [1.165, 1.54) is 13.3 Å². The molecule has 5 heteroatoms. The van der Waals surface area contributed by atoms with Crippen LogP contribution in [0.4, 0.5) is 0 Å². The number of hydrogen-bond acceptors (Lipinski definition) is 5. The molecule has 0 bridgehead atoms. The van der Waals surface area contributed by atoms with Gasteiger partial charge in [0.05, 0.1) is 5.92 Å². The molecule has 0 aromatic heterocycles. The number of carbonyl (C=O) groups is 2. The van der Waals surface area contributed by atoms with Gasteiger partial charge in [0.1, 0.15) is 19.3 Å². The minimum Gasteiger partial charge on any atom is -0.463 e. The van der Waals surface area contributed by atoms with E-state index in [1.54, 1.807) is 0 Å². The van der Waals surface area contributed by atoms with Gasteiger partial charge in [0, 0.05) is 6.92 Å². The van der Waals surface area contributed by atoms with Crippen LogP contribution in [0.1, 0.15) is 60.3 Å². The van der Waals surface area contributed by atoms with Crippen LogP contribution in [-0.4, -0.2) is 36.4 Å². The van der Waals surface area contributed by atoms with Gasteiger partial charge >= 0.3 is 11.9 Å². The van der Waals surface area contributed by atoms with Gasteiger partial charge in [-0.2, -0.15) is 0 Å². The summed E-state index contributed by atoms with van der Waals surface area (Å²) in [5.41, 5.74) is 1.16. The molecule has 2 aliphatic carbocycles. The van der Waals surface area contributed by atoms with Crippen LogP contribution in [0.15, 0.2) is 11.6 Å². The summed E-state index contributed by atoms with van der Waals surface area (Å²) in [6.07, 6.45) is 5.51. The number of allylic oxidation sites excluding steroid dienone is 1. The van der Waals surface area contributed by atoms with Crippen molar-refractivity contribution < 1.29 is 24.2 Å². The maximum atomic E-state index is 12.8. The predicted molar refractivity (Wildman–Crippen MR) is 94.7 cm³/mol. The van der Waals surface area contributed by atoms with Gasteiger partial charge in [-0.1, -0.05) is 38.8 Å². The minimum atomic E-state index is -0.993. The lowest BCUT2D eigenvalue weighted by Crippen LogP contribution is -2.51. The Bertz CT molecular complexity index is 550. The molecule has 0 aromatic rings. The highest BCUT2D eigenvalue weighted by atomic mass is 16.6. The molecule has 0 aromatic carbocycles. The summed E-state index contributed by atoms with van der Waals surface area (Å²) >= 11 is 0. The van der Waals surface area contributed by atoms with E-state index in [-0.39, 0.29) is 35.9 Å². The van der Waals surface area contributed by atoms with Crippen LogP contribution in [0.5, 0.6) is 0 Å². The summed E-state index contributed by atoms with van der Waals surface area (Å²) < 4.78 is 10.2. The van der Waals surface area contributed by atoms with Crippen molar-refractivity contribution in [3.8, 4) is 0 Å². The normalized spacial score (nSPS) is 32.2. The zero-order valence-corrected chi connectivity index (χ0v) is 16.1. The quantitative estimate of drug-likeness (QED) is 0.607. The smallest absolute Gasteiger partial charge is 0.313 e. The van der Waals surface area contributed by atoms with Gasteiger partial charge in [-0.25, -0.2) is 0 Å². The summed E-state index contributed by atoms with van der Waals surface area (Å²) in [7, 11) is 0. The summed E-state index contributed by atoms with van der Waals surface area (Å²) in [5.74, 6) is -0.565. The molecular formula is C20H32O5. The van der Waals surface area contributed by atoms with E-state index >= 15 is 0 Å². The fourth-order valence-corrected chi connectivity index (χ4v) is 5.02. The standard InChI is InChI=1S/C20H32O5/c1-13-7-8-16-19(3,4)9-6-10-20(16,5)17(13)18(23)25-12-15(22)11-24-14(2)21/h7,15-17,22H,6,8-12H2,1-5H3/t15?,16-,17-,20+/m1/s1. The van der Waals surface area contributed by atoms with E-state index in [1.807, 2.05) is 6.92 Å². The first kappa shape index (κ1) is 20.0. The molecule has 2 aliphatic rings. The second kappa shape index (κ2) is 7.48. The lowest BCUT2D eigenvalue weighted by atomic mass is 9.49. The van der Waals surface area contributed by atoms with Crippen molar-refractivity contribution in [3.05, 3.63) is 11.6 Å². The van der Waals surface area contributed by atoms with Crippen LogP contribution in [0.3, 0.4) is 0 Å². The average Bonchev–Trinajstić information content (AvgIpc) is 2.49. The third kappa shape index (κ3) is 4.25. The number of esters is 2. The molecule has 0 spiro atoms. The zero-order chi connectivity index (χ0) is 18.8. The number of rotatable bonds is 5. The predicted octanol–water partition coefficient (Wildman–Crippen LogP) is 3.25. The monoisotopic (exact) mass is 352 g/mol. The van der Waals surface area contributed by atoms with Crippen molar-refractivity contribution in [1.29, 1.82) is 0 Å². The van der Waals surface area contributed by atoms with Gasteiger partial charge in [-0.05, 0) is 42.9 Å². The number of fused-ring (bicyclic) bond motifs is 1. The molecule has 142 valence electrons. The van der Waals surface area contributed by atoms with Gasteiger partial charge in [0.2, 0.25) is 0 Å². The molecule has 2 rings (SSSR count). The molecule has 5 nitrogen and oxygen atoms in total. The third-order valence-corrected chi connectivity index (χ3v) is 6.20. The van der Waals surface area contributed by atoms with Crippen LogP contribution >= 0.6 is 0 Å². The van der Waals surface area contributed by atoms with Gasteiger partial charge in [-0.15, -0.1) is 0 Å². The van der Waals surface area contributed by atoms with E-state index in [2.05, 4.69) is 26.8 Å². The fraction of sp³-hybridized carbons (Fsp3) is 0.800. The molecule has 1 saturated carbocycles. The Morgan fingerprint density at radius 1 is 1.24 bits per heavy atom. The maximum Gasteiger partial charge on any atom is 0.313 e. The molecule has 1 unspecified atom stereocenters. The molecule has 1 N–H and O–H groups in total. The first-order valence-corrected chi connectivity index (χ1v) is 9.22. The second-order valence-electron chi connectivity index (χ2n) is 8.60. The largest absolute Gasteiger partial charge is 0.463 e. The highest BCUT2D eigenvalue weighted by molar-refractivity contribution is 5.77. The maximum absolute atomic E-state index is 12.8. The number of ether oxygens (including phenoxy) is 2. The molecule has 4 atom stereocenters. The molecule has 0 amide bonds. The van der Waals surface area contributed by atoms with E-state index in [0.29, 0.717) is 5.92 Å². The molecule has 0 aliphatic heterocycles. The molecule has 0 heterocycles. The van der Waals surface area contributed by atoms with E-state index in [4.69, 9.17) is 9.47 Å². The summed E-state index contributed by atoms with van der Waals surface area (Å²) in [4.78, 5) is 23.6. The van der Waals surface area contributed by atoms with Crippen LogP contribution in [0, 0.1) is 22.7 Å². The summed E-state index contributed by atoms with van der Waals surface area (Å²) in [6, 6.07) is 0. The van der Waals surface area contributed by atoms with Gasteiger partial charge in [-0.3, -0.25) is 9.59 Å². The first-order chi connectivity index (χ1) is 11.6. The Balaban J connectivity index is 2.08. The Morgan fingerprint density at radius 2 is 1.88 bits per heavy atom. The average molecular weight is 352 g/mol. The van der Waals surface area contributed by atoms with Crippen molar-refractivity contribution >= 4 is 11.9 Å². The highest BCUT2D eigenvalue weighted by Crippen LogP contribution is 2.59. The molecule has 0 saturated heterocycles. The van der Waals surface area contributed by atoms with Gasteiger partial charge in [0.25, 0.3) is 0 Å².